The van der Waals surface area contributed by atoms with Gasteiger partial charge in [0.15, 0.2) is 0 Å². The summed E-state index contributed by atoms with van der Waals surface area (Å²) < 4.78 is 4.95. The van der Waals surface area contributed by atoms with E-state index >= 15 is 0 Å². The summed E-state index contributed by atoms with van der Waals surface area (Å²) >= 11 is 0. The van der Waals surface area contributed by atoms with Crippen LogP contribution < -0.4 is 0 Å². The number of hydrogen-bond donors (Lipinski definition) is 0. The SMILES string of the molecule is COC/C=C(/C)CCC=C(C)C. The fraction of sp³-hybridized carbons (Fsp3) is 0.636. The summed E-state index contributed by atoms with van der Waals surface area (Å²) in [6.07, 6.45) is 6.70. The molecule has 0 aliphatic carbocycles. The van der Waals surface area contributed by atoms with E-state index in [1.807, 2.05) is 0 Å². The van der Waals surface area contributed by atoms with E-state index in [0.29, 0.717) is 0 Å². The molecule has 1 heteroatoms. The van der Waals surface area contributed by atoms with E-state index in [0.717, 1.165) is 19.4 Å². The van der Waals surface area contributed by atoms with E-state index in [2.05, 4.69) is 32.9 Å². The van der Waals surface area contributed by atoms with Crippen molar-refractivity contribution < 1.29 is 4.74 Å². The van der Waals surface area contributed by atoms with Crippen LogP contribution in [0.1, 0.15) is 33.6 Å². The second-order valence-corrected chi connectivity index (χ2v) is 3.33. The highest BCUT2D eigenvalue weighted by atomic mass is 16.5. The molecule has 0 aliphatic heterocycles. The second kappa shape index (κ2) is 7.11. The van der Waals surface area contributed by atoms with E-state index in [1.54, 1.807) is 7.11 Å². The molecular formula is C11H20O. The maximum atomic E-state index is 4.95. The molecule has 0 aliphatic rings. The zero-order valence-electron chi connectivity index (χ0n) is 8.68. The first-order valence-corrected chi connectivity index (χ1v) is 4.44. The number of allylic oxidation sites excluding steroid dienone is 3. The van der Waals surface area contributed by atoms with E-state index < -0.39 is 0 Å². The Bertz CT molecular complexity index is 162. The maximum absolute atomic E-state index is 4.95. The zero-order chi connectivity index (χ0) is 9.40. The van der Waals surface area contributed by atoms with Gasteiger partial charge in [-0.25, -0.2) is 0 Å². The van der Waals surface area contributed by atoms with Crippen molar-refractivity contribution in [2.24, 2.45) is 0 Å². The van der Waals surface area contributed by atoms with Crippen molar-refractivity contribution in [1.82, 2.24) is 0 Å². The molecule has 12 heavy (non-hydrogen) atoms. The summed E-state index contributed by atoms with van der Waals surface area (Å²) in [5, 5.41) is 0. The number of ether oxygens (including phenoxy) is 1. The van der Waals surface area contributed by atoms with Crippen LogP contribution in [-0.2, 0) is 4.74 Å². The topological polar surface area (TPSA) is 9.23 Å². The first-order chi connectivity index (χ1) is 5.66. The largest absolute Gasteiger partial charge is 0.381 e. The highest BCUT2D eigenvalue weighted by Crippen LogP contribution is 2.05. The molecule has 0 aromatic heterocycles. The van der Waals surface area contributed by atoms with Gasteiger partial charge in [-0.2, -0.15) is 0 Å². The van der Waals surface area contributed by atoms with Crippen LogP contribution in [0.5, 0.6) is 0 Å². The summed E-state index contributed by atoms with van der Waals surface area (Å²) in [5.74, 6) is 0. The highest BCUT2D eigenvalue weighted by Gasteiger charge is 1.87. The van der Waals surface area contributed by atoms with Crippen molar-refractivity contribution in [2.45, 2.75) is 33.6 Å². The number of hydrogen-bond acceptors (Lipinski definition) is 1. The summed E-state index contributed by atoms with van der Waals surface area (Å²) in [7, 11) is 1.72. The molecule has 0 aromatic carbocycles. The maximum Gasteiger partial charge on any atom is 0.0646 e. The second-order valence-electron chi connectivity index (χ2n) is 3.33. The van der Waals surface area contributed by atoms with Gasteiger partial charge in [0.1, 0.15) is 0 Å². The van der Waals surface area contributed by atoms with Crippen molar-refractivity contribution in [2.75, 3.05) is 13.7 Å². The van der Waals surface area contributed by atoms with Gasteiger partial charge in [0.2, 0.25) is 0 Å². The van der Waals surface area contributed by atoms with Crippen LogP contribution in [0, 0.1) is 0 Å². The van der Waals surface area contributed by atoms with E-state index in [-0.39, 0.29) is 0 Å². The zero-order valence-corrected chi connectivity index (χ0v) is 8.68. The van der Waals surface area contributed by atoms with Gasteiger partial charge in [0.05, 0.1) is 6.61 Å². The lowest BCUT2D eigenvalue weighted by molar-refractivity contribution is 0.233. The first kappa shape index (κ1) is 11.4. The molecule has 0 fully saturated rings. The van der Waals surface area contributed by atoms with E-state index in [1.165, 1.54) is 11.1 Å². The quantitative estimate of drug-likeness (QED) is 0.572. The molecule has 0 N–H and O–H groups in total. The molecule has 0 bridgehead atoms. The van der Waals surface area contributed by atoms with Crippen LogP contribution in [0.2, 0.25) is 0 Å². The average molecular weight is 168 g/mol. The van der Waals surface area contributed by atoms with E-state index in [4.69, 9.17) is 4.74 Å². The Morgan fingerprint density at radius 3 is 2.33 bits per heavy atom. The van der Waals surface area contributed by atoms with Crippen molar-refractivity contribution in [3.63, 3.8) is 0 Å². The van der Waals surface area contributed by atoms with Crippen LogP contribution in [0.3, 0.4) is 0 Å². The first-order valence-electron chi connectivity index (χ1n) is 4.44. The van der Waals surface area contributed by atoms with Gasteiger partial charge >= 0.3 is 0 Å². The molecule has 0 heterocycles. The molecule has 0 spiro atoms. The fourth-order valence-electron chi connectivity index (χ4n) is 0.916. The Labute approximate surface area is 76.1 Å². The molecule has 0 saturated carbocycles. The van der Waals surface area contributed by atoms with Crippen molar-refractivity contribution in [3.05, 3.63) is 23.3 Å². The van der Waals surface area contributed by atoms with Crippen molar-refractivity contribution in [3.8, 4) is 0 Å². The Morgan fingerprint density at radius 2 is 1.83 bits per heavy atom. The minimum absolute atomic E-state index is 0.737. The molecule has 0 unspecified atom stereocenters. The fourth-order valence-corrected chi connectivity index (χ4v) is 0.916. The Kier molecular flexibility index (Phi) is 6.78. The standard InChI is InChI=1S/C11H20O/c1-10(2)6-5-7-11(3)8-9-12-4/h6,8H,5,7,9H2,1-4H3/b11-8-. The van der Waals surface area contributed by atoms with E-state index in [9.17, 15) is 0 Å². The predicted octanol–water partition coefficient (Wildman–Crippen LogP) is 3.33. The minimum atomic E-state index is 0.737. The monoisotopic (exact) mass is 168 g/mol. The van der Waals surface area contributed by atoms with Crippen LogP contribution in [0.4, 0.5) is 0 Å². The van der Waals surface area contributed by atoms with Crippen LogP contribution in [-0.4, -0.2) is 13.7 Å². The lowest BCUT2D eigenvalue weighted by Crippen LogP contribution is -1.84. The molecule has 0 atom stereocenters. The minimum Gasteiger partial charge on any atom is -0.381 e. The van der Waals surface area contributed by atoms with Gasteiger partial charge in [0, 0.05) is 7.11 Å². The normalized spacial score (nSPS) is 11.5. The van der Waals surface area contributed by atoms with Crippen LogP contribution in [0.15, 0.2) is 23.3 Å². The van der Waals surface area contributed by atoms with Crippen LogP contribution >= 0.6 is 0 Å². The van der Waals surface area contributed by atoms with Crippen LogP contribution in [0.25, 0.3) is 0 Å². The molecule has 0 rings (SSSR count). The molecule has 70 valence electrons. The Hall–Kier alpha value is -0.560. The number of methoxy groups -OCH3 is 1. The summed E-state index contributed by atoms with van der Waals surface area (Å²) in [6, 6.07) is 0. The van der Waals surface area contributed by atoms with Gasteiger partial charge in [-0.05, 0) is 33.6 Å². The van der Waals surface area contributed by atoms with Crippen molar-refractivity contribution >= 4 is 0 Å². The summed E-state index contributed by atoms with van der Waals surface area (Å²) in [6.45, 7) is 7.15. The third-order valence-corrected chi connectivity index (χ3v) is 1.69. The highest BCUT2D eigenvalue weighted by molar-refractivity contribution is 5.02. The summed E-state index contributed by atoms with van der Waals surface area (Å²) in [4.78, 5) is 0. The van der Waals surface area contributed by atoms with Gasteiger partial charge in [-0.1, -0.05) is 23.3 Å². The average Bonchev–Trinajstić information content (AvgIpc) is 2.00. The Morgan fingerprint density at radius 1 is 1.17 bits per heavy atom. The third kappa shape index (κ3) is 7.55. The smallest absolute Gasteiger partial charge is 0.0646 e. The summed E-state index contributed by atoms with van der Waals surface area (Å²) in [5.41, 5.74) is 2.81. The number of rotatable bonds is 5. The molecule has 0 amide bonds. The molecule has 0 aromatic rings. The molecule has 0 saturated heterocycles. The molecular weight excluding hydrogens is 148 g/mol. The van der Waals surface area contributed by atoms with Gasteiger partial charge < -0.3 is 4.74 Å². The molecule has 0 radical (unpaired) electrons. The molecule has 1 nitrogen and oxygen atoms in total. The third-order valence-electron chi connectivity index (χ3n) is 1.69. The van der Waals surface area contributed by atoms with Gasteiger partial charge in [-0.3, -0.25) is 0 Å². The van der Waals surface area contributed by atoms with Gasteiger partial charge in [-0.15, -0.1) is 0 Å². The van der Waals surface area contributed by atoms with Gasteiger partial charge in [0.25, 0.3) is 0 Å². The lowest BCUT2D eigenvalue weighted by atomic mass is 10.1. The van der Waals surface area contributed by atoms with Crippen molar-refractivity contribution in [1.29, 1.82) is 0 Å². The predicted molar refractivity (Wildman–Crippen MR) is 54.3 cm³/mol. The lowest BCUT2D eigenvalue weighted by Gasteiger charge is -1.98. The Balaban J connectivity index is 3.56.